The number of aryl methyl sites for hydroxylation is 2. The number of carbonyl (C=O) groups is 1. The first-order valence-corrected chi connectivity index (χ1v) is 12.1. The summed E-state index contributed by atoms with van der Waals surface area (Å²) in [5, 5.41) is 13.4. The summed E-state index contributed by atoms with van der Waals surface area (Å²) in [6, 6.07) is 10.8. The van der Waals surface area contributed by atoms with Crippen molar-refractivity contribution in [3.8, 4) is 11.4 Å². The van der Waals surface area contributed by atoms with Crippen molar-refractivity contribution >= 4 is 29.0 Å². The smallest absolute Gasteiger partial charge is 0.406 e. The lowest BCUT2D eigenvalue weighted by molar-refractivity contribution is -0.274. The Kier molecular flexibility index (Phi) is 7.36. The van der Waals surface area contributed by atoms with Crippen LogP contribution < -0.4 is 10.1 Å². The first-order valence-electron chi connectivity index (χ1n) is 10.2. The first kappa shape index (κ1) is 24.7. The van der Waals surface area contributed by atoms with Crippen LogP contribution in [-0.2, 0) is 12.3 Å². The van der Waals surface area contributed by atoms with Crippen molar-refractivity contribution < 1.29 is 22.7 Å². The third-order valence-corrected chi connectivity index (χ3v) is 6.33. The van der Waals surface area contributed by atoms with E-state index in [0.29, 0.717) is 23.1 Å². The van der Waals surface area contributed by atoms with Crippen LogP contribution in [0, 0.1) is 13.8 Å². The molecule has 0 aliphatic carbocycles. The van der Waals surface area contributed by atoms with Crippen LogP contribution in [0.5, 0.6) is 5.75 Å². The predicted octanol–water partition coefficient (Wildman–Crippen LogP) is 4.86. The normalized spacial score (nSPS) is 11.5. The SMILES string of the molecule is Cc1cc(C)nc(SCc2c(C(=O)NCc3cccs3)nnn2-c2ccc(OC(F)(F)F)cc2)n1. The fraction of sp³-hybridized carbons (Fsp3) is 0.227. The second-order valence-corrected chi connectivity index (χ2v) is 9.30. The number of hydrogen-bond acceptors (Lipinski definition) is 8. The van der Waals surface area contributed by atoms with Gasteiger partial charge in [-0.05, 0) is 55.6 Å². The van der Waals surface area contributed by atoms with E-state index in [9.17, 15) is 18.0 Å². The van der Waals surface area contributed by atoms with Gasteiger partial charge in [-0.3, -0.25) is 4.79 Å². The number of alkyl halides is 3. The molecule has 8 nitrogen and oxygen atoms in total. The average Bonchev–Trinajstić information content (AvgIpc) is 3.45. The molecule has 182 valence electrons. The quantitative estimate of drug-likeness (QED) is 0.262. The number of aromatic nitrogens is 5. The highest BCUT2D eigenvalue weighted by atomic mass is 32.2. The Balaban J connectivity index is 1.61. The van der Waals surface area contributed by atoms with Crippen molar-refractivity contribution in [2.24, 2.45) is 0 Å². The maximum Gasteiger partial charge on any atom is 0.573 e. The summed E-state index contributed by atoms with van der Waals surface area (Å²) in [5.41, 5.74) is 2.59. The molecule has 0 aliphatic heterocycles. The molecule has 3 heterocycles. The van der Waals surface area contributed by atoms with Gasteiger partial charge in [-0.15, -0.1) is 29.6 Å². The minimum absolute atomic E-state index is 0.106. The van der Waals surface area contributed by atoms with Gasteiger partial charge in [0.25, 0.3) is 5.91 Å². The Labute approximate surface area is 206 Å². The van der Waals surface area contributed by atoms with Crippen molar-refractivity contribution in [3.63, 3.8) is 0 Å². The third kappa shape index (κ3) is 6.57. The van der Waals surface area contributed by atoms with Crippen LogP contribution in [0.3, 0.4) is 0 Å². The molecule has 13 heteroatoms. The molecule has 0 aliphatic rings. The highest BCUT2D eigenvalue weighted by molar-refractivity contribution is 7.98. The largest absolute Gasteiger partial charge is 0.573 e. The minimum Gasteiger partial charge on any atom is -0.406 e. The summed E-state index contributed by atoms with van der Waals surface area (Å²) in [6.07, 6.45) is -4.80. The van der Waals surface area contributed by atoms with Gasteiger partial charge in [0.1, 0.15) is 5.75 Å². The third-order valence-electron chi connectivity index (χ3n) is 4.60. The molecule has 0 fully saturated rings. The molecule has 0 atom stereocenters. The molecule has 0 radical (unpaired) electrons. The topological polar surface area (TPSA) is 94.8 Å². The highest BCUT2D eigenvalue weighted by Gasteiger charge is 2.31. The van der Waals surface area contributed by atoms with Crippen molar-refractivity contribution in [2.75, 3.05) is 0 Å². The van der Waals surface area contributed by atoms with Crippen molar-refractivity contribution in [1.29, 1.82) is 0 Å². The summed E-state index contributed by atoms with van der Waals surface area (Å²) in [7, 11) is 0. The molecule has 0 saturated heterocycles. The summed E-state index contributed by atoms with van der Waals surface area (Å²) in [5.74, 6) is -0.535. The molecular formula is C22H19F3N6O2S2. The summed E-state index contributed by atoms with van der Waals surface area (Å²) in [6.45, 7) is 4.05. The van der Waals surface area contributed by atoms with E-state index >= 15 is 0 Å². The van der Waals surface area contributed by atoms with E-state index in [4.69, 9.17) is 0 Å². The zero-order chi connectivity index (χ0) is 25.0. The van der Waals surface area contributed by atoms with Crippen LogP contribution in [0.4, 0.5) is 13.2 Å². The number of nitrogens with one attached hydrogen (secondary N) is 1. The van der Waals surface area contributed by atoms with E-state index in [1.54, 1.807) is 0 Å². The number of thiophene rings is 1. The Morgan fingerprint density at radius 2 is 1.86 bits per heavy atom. The number of rotatable bonds is 8. The van der Waals surface area contributed by atoms with Gasteiger partial charge in [0.15, 0.2) is 10.9 Å². The Hall–Kier alpha value is -3.45. The molecule has 4 rings (SSSR count). The fourth-order valence-electron chi connectivity index (χ4n) is 3.16. The number of benzene rings is 1. The molecule has 0 spiro atoms. The number of amides is 1. The second-order valence-electron chi connectivity index (χ2n) is 7.32. The molecule has 0 bridgehead atoms. The first-order chi connectivity index (χ1) is 16.7. The molecular weight excluding hydrogens is 501 g/mol. The Bertz CT molecular complexity index is 1290. The van der Waals surface area contributed by atoms with Gasteiger partial charge in [-0.2, -0.15) is 0 Å². The van der Waals surface area contributed by atoms with Crippen LogP contribution in [0.15, 0.2) is 53.0 Å². The molecule has 0 saturated carbocycles. The van der Waals surface area contributed by atoms with Crippen LogP contribution in [0.25, 0.3) is 5.69 Å². The molecule has 4 aromatic rings. The van der Waals surface area contributed by atoms with Crippen molar-refractivity contribution in [3.05, 3.63) is 75.5 Å². The van der Waals surface area contributed by atoms with Gasteiger partial charge >= 0.3 is 6.36 Å². The van der Waals surface area contributed by atoms with Gasteiger partial charge in [-0.25, -0.2) is 14.6 Å². The average molecular weight is 521 g/mol. The van der Waals surface area contributed by atoms with Crippen LogP contribution in [-0.4, -0.2) is 37.2 Å². The van der Waals surface area contributed by atoms with E-state index in [-0.39, 0.29) is 17.2 Å². The zero-order valence-electron chi connectivity index (χ0n) is 18.5. The molecule has 1 aromatic carbocycles. The second kappa shape index (κ2) is 10.4. The summed E-state index contributed by atoms with van der Waals surface area (Å²) >= 11 is 2.81. The number of hydrogen-bond donors (Lipinski definition) is 1. The maximum absolute atomic E-state index is 12.9. The van der Waals surface area contributed by atoms with Crippen LogP contribution in [0.1, 0.15) is 32.4 Å². The van der Waals surface area contributed by atoms with Crippen LogP contribution in [0.2, 0.25) is 0 Å². The van der Waals surface area contributed by atoms with Gasteiger partial charge < -0.3 is 10.1 Å². The standard InChI is InChI=1S/C22H19F3N6O2S2/c1-13-10-14(2)28-21(27-13)35-12-18-19(20(32)26-11-17-4-3-9-34-17)29-30-31(18)15-5-7-16(8-6-15)33-22(23,24)25/h3-10H,11-12H2,1-2H3,(H,26,32). The number of ether oxygens (including phenoxy) is 1. The van der Waals surface area contributed by atoms with Gasteiger partial charge in [0.05, 0.1) is 17.9 Å². The minimum atomic E-state index is -4.80. The van der Waals surface area contributed by atoms with Crippen molar-refractivity contribution in [1.82, 2.24) is 30.3 Å². The van der Waals surface area contributed by atoms with E-state index < -0.39 is 12.3 Å². The number of halogens is 3. The number of carbonyl (C=O) groups excluding carboxylic acids is 1. The van der Waals surface area contributed by atoms with E-state index in [0.717, 1.165) is 16.3 Å². The zero-order valence-corrected chi connectivity index (χ0v) is 20.2. The number of thioether (sulfide) groups is 1. The van der Waals surface area contributed by atoms with Crippen LogP contribution >= 0.6 is 23.1 Å². The molecule has 35 heavy (non-hydrogen) atoms. The lowest BCUT2D eigenvalue weighted by Crippen LogP contribution is -2.24. The van der Waals surface area contributed by atoms with Gasteiger partial charge in [-0.1, -0.05) is 23.0 Å². The summed E-state index contributed by atoms with van der Waals surface area (Å²) < 4.78 is 42.9. The maximum atomic E-state index is 12.9. The van der Waals surface area contributed by atoms with E-state index in [2.05, 4.69) is 30.3 Å². The molecule has 1 N–H and O–H groups in total. The predicted molar refractivity (Wildman–Crippen MR) is 125 cm³/mol. The lowest BCUT2D eigenvalue weighted by Gasteiger charge is -2.11. The Morgan fingerprint density at radius 1 is 1.14 bits per heavy atom. The lowest BCUT2D eigenvalue weighted by atomic mass is 10.2. The molecule has 3 aromatic heterocycles. The molecule has 1 amide bonds. The van der Waals surface area contributed by atoms with E-state index in [1.807, 2.05) is 37.4 Å². The Morgan fingerprint density at radius 3 is 2.49 bits per heavy atom. The number of nitrogens with zero attached hydrogens (tertiary/aromatic N) is 5. The van der Waals surface area contributed by atoms with E-state index in [1.165, 1.54) is 52.0 Å². The monoisotopic (exact) mass is 520 g/mol. The molecule has 0 unspecified atom stereocenters. The van der Waals surface area contributed by atoms with Gasteiger partial charge in [0.2, 0.25) is 0 Å². The fourth-order valence-corrected chi connectivity index (χ4v) is 4.75. The van der Waals surface area contributed by atoms with Crippen molar-refractivity contribution in [2.45, 2.75) is 37.7 Å². The highest BCUT2D eigenvalue weighted by Crippen LogP contribution is 2.26. The summed E-state index contributed by atoms with van der Waals surface area (Å²) in [4.78, 5) is 22.7. The van der Waals surface area contributed by atoms with Gasteiger partial charge in [0, 0.05) is 22.0 Å².